The lowest BCUT2D eigenvalue weighted by atomic mass is 10.2. The lowest BCUT2D eigenvalue weighted by Gasteiger charge is -2.17. The fourth-order valence-electron chi connectivity index (χ4n) is 3.70. The molecule has 3 N–H and O–H groups in total. The minimum Gasteiger partial charge on any atom is -0.368 e. The summed E-state index contributed by atoms with van der Waals surface area (Å²) in [5.74, 6) is 0.767. The van der Waals surface area contributed by atoms with Crippen LogP contribution >= 0.6 is 0 Å². The molecule has 0 aliphatic rings. The number of amides is 1. The number of nitrogens with zero attached hydrogens (tertiary/aromatic N) is 2. The highest BCUT2D eigenvalue weighted by atomic mass is 16.2. The van der Waals surface area contributed by atoms with Crippen molar-refractivity contribution in [2.45, 2.75) is 19.3 Å². The summed E-state index contributed by atoms with van der Waals surface area (Å²) in [4.78, 5) is 29.5. The number of benzene rings is 2. The second-order valence-electron chi connectivity index (χ2n) is 7.81. The van der Waals surface area contributed by atoms with Crippen LogP contribution in [0.25, 0.3) is 22.0 Å². The Labute approximate surface area is 186 Å². The summed E-state index contributed by atoms with van der Waals surface area (Å²) in [6, 6.07) is 21.6. The first kappa shape index (κ1) is 21.4. The molecule has 164 valence electrons. The molecule has 2 aromatic heterocycles. The molecule has 0 atom stereocenters. The summed E-state index contributed by atoms with van der Waals surface area (Å²) in [7, 11) is 1.83. The number of hydrogen-bond acceptors (Lipinski definition) is 4. The van der Waals surface area contributed by atoms with E-state index in [9.17, 15) is 9.59 Å². The molecule has 32 heavy (non-hydrogen) atoms. The molecule has 0 spiro atoms. The van der Waals surface area contributed by atoms with Gasteiger partial charge in [0.05, 0.1) is 5.39 Å². The van der Waals surface area contributed by atoms with Crippen LogP contribution in [0.5, 0.6) is 0 Å². The largest absolute Gasteiger partial charge is 0.368 e. The van der Waals surface area contributed by atoms with Crippen molar-refractivity contribution in [1.82, 2.24) is 20.1 Å². The predicted molar refractivity (Wildman–Crippen MR) is 128 cm³/mol. The Hall–Kier alpha value is -3.87. The molecule has 0 bridgehead atoms. The van der Waals surface area contributed by atoms with E-state index in [-0.39, 0.29) is 11.5 Å². The molecule has 0 saturated carbocycles. The minimum atomic E-state index is -0.200. The van der Waals surface area contributed by atoms with Crippen molar-refractivity contribution in [2.75, 3.05) is 25.5 Å². The number of fused-ring (bicyclic) bond motifs is 1. The Morgan fingerprint density at radius 2 is 1.75 bits per heavy atom. The maximum absolute atomic E-state index is 12.5. The van der Waals surface area contributed by atoms with Crippen LogP contribution in [0.2, 0.25) is 0 Å². The van der Waals surface area contributed by atoms with Gasteiger partial charge in [-0.2, -0.15) is 5.10 Å². The van der Waals surface area contributed by atoms with Crippen molar-refractivity contribution in [3.63, 3.8) is 0 Å². The summed E-state index contributed by atoms with van der Waals surface area (Å²) in [5, 5.41) is 11.3. The van der Waals surface area contributed by atoms with E-state index in [1.165, 1.54) is 0 Å². The van der Waals surface area contributed by atoms with Crippen molar-refractivity contribution in [3.8, 4) is 11.3 Å². The summed E-state index contributed by atoms with van der Waals surface area (Å²) in [6.45, 7) is 1.30. The molecule has 4 rings (SSSR count). The third kappa shape index (κ3) is 5.06. The molecule has 1 amide bonds. The van der Waals surface area contributed by atoms with Gasteiger partial charge in [-0.3, -0.25) is 9.59 Å². The number of carbonyl (C=O) groups excluding carboxylic acids is 1. The summed E-state index contributed by atoms with van der Waals surface area (Å²) in [6.07, 6.45) is 1.92. The van der Waals surface area contributed by atoms with E-state index in [1.54, 1.807) is 11.0 Å². The molecule has 0 radical (unpaired) electrons. The van der Waals surface area contributed by atoms with E-state index in [0.717, 1.165) is 28.8 Å². The standard InChI is InChI=1S/C25H27N5O2/c1-30(17-7-16-26-24-20-10-5-6-11-21(20)25(32)29-28-24)23(31)15-13-19-12-14-22(27-19)18-8-3-2-4-9-18/h2-6,8-12,14,27H,7,13,15-17H2,1H3,(H,26,28)(H,29,32). The zero-order valence-corrected chi connectivity index (χ0v) is 18.1. The van der Waals surface area contributed by atoms with Crippen molar-refractivity contribution in [3.05, 3.63) is 82.8 Å². The van der Waals surface area contributed by atoms with Gasteiger partial charge in [0.25, 0.3) is 5.56 Å². The number of rotatable bonds is 9. The molecule has 0 fully saturated rings. The van der Waals surface area contributed by atoms with Gasteiger partial charge in [-0.15, -0.1) is 0 Å². The van der Waals surface area contributed by atoms with Gasteiger partial charge in [0, 0.05) is 43.3 Å². The van der Waals surface area contributed by atoms with Gasteiger partial charge in [-0.25, -0.2) is 5.10 Å². The molecular formula is C25H27N5O2. The fraction of sp³-hybridized carbons (Fsp3) is 0.240. The third-order valence-corrected chi connectivity index (χ3v) is 5.52. The number of nitrogens with one attached hydrogen (secondary N) is 3. The second-order valence-corrected chi connectivity index (χ2v) is 7.81. The van der Waals surface area contributed by atoms with E-state index in [4.69, 9.17) is 0 Å². The molecule has 2 heterocycles. The number of aromatic nitrogens is 3. The molecule has 2 aromatic carbocycles. The fourth-order valence-corrected chi connectivity index (χ4v) is 3.70. The quantitative estimate of drug-likeness (QED) is 0.353. The topological polar surface area (TPSA) is 93.9 Å². The Morgan fingerprint density at radius 1 is 1.00 bits per heavy atom. The average Bonchev–Trinajstić information content (AvgIpc) is 3.31. The van der Waals surface area contributed by atoms with Crippen molar-refractivity contribution in [1.29, 1.82) is 0 Å². The summed E-state index contributed by atoms with van der Waals surface area (Å²) >= 11 is 0. The van der Waals surface area contributed by atoms with Crippen LogP contribution < -0.4 is 10.9 Å². The average molecular weight is 430 g/mol. The van der Waals surface area contributed by atoms with Crippen LogP contribution in [0.15, 0.2) is 71.5 Å². The van der Waals surface area contributed by atoms with Gasteiger partial charge in [0.15, 0.2) is 5.82 Å². The molecule has 7 nitrogen and oxygen atoms in total. The monoisotopic (exact) mass is 429 g/mol. The van der Waals surface area contributed by atoms with Crippen LogP contribution in [0.3, 0.4) is 0 Å². The second kappa shape index (κ2) is 9.96. The van der Waals surface area contributed by atoms with E-state index >= 15 is 0 Å². The Balaban J connectivity index is 1.22. The van der Waals surface area contributed by atoms with Gasteiger partial charge in [0.2, 0.25) is 5.91 Å². The summed E-state index contributed by atoms with van der Waals surface area (Å²) < 4.78 is 0. The Bertz CT molecular complexity index is 1250. The number of hydrogen-bond donors (Lipinski definition) is 3. The molecular weight excluding hydrogens is 402 g/mol. The van der Waals surface area contributed by atoms with Gasteiger partial charge in [-0.1, -0.05) is 48.5 Å². The van der Waals surface area contributed by atoms with Gasteiger partial charge >= 0.3 is 0 Å². The van der Waals surface area contributed by atoms with Crippen LogP contribution in [0.1, 0.15) is 18.5 Å². The number of anilines is 1. The van der Waals surface area contributed by atoms with Gasteiger partial charge < -0.3 is 15.2 Å². The molecule has 0 aliphatic carbocycles. The number of aryl methyl sites for hydroxylation is 1. The van der Waals surface area contributed by atoms with Crippen LogP contribution in [-0.2, 0) is 11.2 Å². The molecule has 7 heteroatoms. The van der Waals surface area contributed by atoms with Gasteiger partial charge in [-0.05, 0) is 36.6 Å². The molecule has 0 aliphatic heterocycles. The van der Waals surface area contributed by atoms with Crippen LogP contribution in [0, 0.1) is 0 Å². The van der Waals surface area contributed by atoms with Crippen molar-refractivity contribution < 1.29 is 4.79 Å². The maximum atomic E-state index is 12.5. The Morgan fingerprint density at radius 3 is 2.56 bits per heavy atom. The first-order valence-electron chi connectivity index (χ1n) is 10.8. The number of aromatic amines is 2. The maximum Gasteiger partial charge on any atom is 0.272 e. The van der Waals surface area contributed by atoms with Crippen LogP contribution in [-0.4, -0.2) is 46.1 Å². The normalized spacial score (nSPS) is 10.9. The predicted octanol–water partition coefficient (Wildman–Crippen LogP) is 3.81. The first-order chi connectivity index (χ1) is 15.6. The zero-order valence-electron chi connectivity index (χ0n) is 18.1. The van der Waals surface area contributed by atoms with E-state index < -0.39 is 0 Å². The third-order valence-electron chi connectivity index (χ3n) is 5.52. The van der Waals surface area contributed by atoms with Gasteiger partial charge in [0.1, 0.15) is 0 Å². The first-order valence-corrected chi connectivity index (χ1v) is 10.8. The lowest BCUT2D eigenvalue weighted by molar-refractivity contribution is -0.129. The molecule has 0 unspecified atom stereocenters. The molecule has 0 saturated heterocycles. The van der Waals surface area contributed by atoms with Crippen molar-refractivity contribution >= 4 is 22.5 Å². The van der Waals surface area contributed by atoms with Crippen molar-refractivity contribution in [2.24, 2.45) is 0 Å². The number of carbonyl (C=O) groups is 1. The smallest absolute Gasteiger partial charge is 0.272 e. The van der Waals surface area contributed by atoms with Crippen LogP contribution in [0.4, 0.5) is 5.82 Å². The lowest BCUT2D eigenvalue weighted by Crippen LogP contribution is -2.29. The van der Waals surface area contributed by atoms with E-state index in [1.807, 2.05) is 49.5 Å². The SMILES string of the molecule is CN(CCCNc1n[nH]c(=O)c2ccccc12)C(=O)CCc1ccc(-c2ccccc2)[nH]1. The highest BCUT2D eigenvalue weighted by molar-refractivity contribution is 5.90. The Kier molecular flexibility index (Phi) is 6.65. The zero-order chi connectivity index (χ0) is 22.3. The van der Waals surface area contributed by atoms with E-state index in [2.05, 4.69) is 38.7 Å². The highest BCUT2D eigenvalue weighted by Crippen LogP contribution is 2.19. The summed E-state index contributed by atoms with van der Waals surface area (Å²) in [5.41, 5.74) is 3.06. The highest BCUT2D eigenvalue weighted by Gasteiger charge is 2.10. The minimum absolute atomic E-state index is 0.119. The molecule has 4 aromatic rings. The van der Waals surface area contributed by atoms with E-state index in [0.29, 0.717) is 37.1 Å². The number of H-pyrrole nitrogens is 2.